The molecule has 0 spiro atoms. The second-order valence-corrected chi connectivity index (χ2v) is 5.28. The molecule has 0 radical (unpaired) electrons. The van der Waals surface area contributed by atoms with Gasteiger partial charge in [0.2, 0.25) is 11.8 Å². The van der Waals surface area contributed by atoms with Crippen LogP contribution in [-0.4, -0.2) is 14.2 Å². The van der Waals surface area contributed by atoms with Gasteiger partial charge in [-0.2, -0.15) is 0 Å². The van der Waals surface area contributed by atoms with Crippen LogP contribution in [-0.2, 0) is 0 Å². The van der Waals surface area contributed by atoms with Gasteiger partial charge >= 0.3 is 0 Å². The Balaban J connectivity index is 2.22. The second kappa shape index (κ2) is 5.87. The lowest BCUT2D eigenvalue weighted by molar-refractivity contribution is 0.415. The molecular weight excluding hydrogens is 246 g/mol. The Morgan fingerprint density at radius 3 is 2.22 bits per heavy atom. The van der Waals surface area contributed by atoms with Gasteiger partial charge in [-0.3, -0.25) is 0 Å². The first-order valence-corrected chi connectivity index (χ1v) is 6.87. The SMILES string of the molecule is CCCC(Sn1c(O)ccc1O)c1ccccc1. The number of rotatable bonds is 5. The summed E-state index contributed by atoms with van der Waals surface area (Å²) in [5.74, 6) is 0.157. The van der Waals surface area contributed by atoms with Crippen molar-refractivity contribution < 1.29 is 10.2 Å². The fourth-order valence-corrected chi connectivity index (χ4v) is 3.06. The first kappa shape index (κ1) is 12.9. The molecule has 3 nitrogen and oxygen atoms in total. The van der Waals surface area contributed by atoms with Gasteiger partial charge in [0.05, 0.1) is 5.25 Å². The summed E-state index contributed by atoms with van der Waals surface area (Å²) in [4.78, 5) is 0. The minimum atomic E-state index is 0.0783. The van der Waals surface area contributed by atoms with Crippen LogP contribution in [0.25, 0.3) is 0 Å². The Hall–Kier alpha value is -1.55. The molecule has 2 aromatic rings. The van der Waals surface area contributed by atoms with Crippen LogP contribution in [0.2, 0.25) is 0 Å². The molecule has 0 aliphatic carbocycles. The van der Waals surface area contributed by atoms with Gasteiger partial charge in [-0.15, -0.1) is 0 Å². The summed E-state index contributed by atoms with van der Waals surface area (Å²) in [6, 6.07) is 13.1. The van der Waals surface area contributed by atoms with Crippen LogP contribution in [0, 0.1) is 0 Å². The van der Waals surface area contributed by atoms with E-state index in [9.17, 15) is 10.2 Å². The fourth-order valence-electron chi connectivity index (χ4n) is 1.85. The molecule has 0 aliphatic rings. The van der Waals surface area contributed by atoms with Crippen molar-refractivity contribution in [1.82, 2.24) is 3.97 Å². The van der Waals surface area contributed by atoms with Gasteiger partial charge in [-0.1, -0.05) is 43.7 Å². The fraction of sp³-hybridized carbons (Fsp3) is 0.286. The molecule has 2 rings (SSSR count). The predicted octanol–water partition coefficient (Wildman–Crippen LogP) is 3.94. The normalized spacial score (nSPS) is 12.5. The molecule has 0 saturated carbocycles. The zero-order chi connectivity index (χ0) is 13.0. The van der Waals surface area contributed by atoms with Crippen LogP contribution in [0.1, 0.15) is 30.6 Å². The molecule has 0 aliphatic heterocycles. The molecule has 4 heteroatoms. The molecule has 1 aromatic heterocycles. The van der Waals surface area contributed by atoms with E-state index in [1.165, 1.54) is 33.6 Å². The van der Waals surface area contributed by atoms with Crippen molar-refractivity contribution in [3.05, 3.63) is 48.0 Å². The Morgan fingerprint density at radius 2 is 1.67 bits per heavy atom. The summed E-state index contributed by atoms with van der Waals surface area (Å²) < 4.78 is 1.47. The van der Waals surface area contributed by atoms with Gasteiger partial charge in [-0.05, 0) is 23.9 Å². The molecule has 2 N–H and O–H groups in total. The minimum Gasteiger partial charge on any atom is -0.494 e. The number of hydrogen-bond acceptors (Lipinski definition) is 3. The summed E-state index contributed by atoms with van der Waals surface area (Å²) in [5, 5.41) is 19.6. The summed E-state index contributed by atoms with van der Waals surface area (Å²) >= 11 is 1.44. The van der Waals surface area contributed by atoms with Crippen LogP contribution in [0.3, 0.4) is 0 Å². The third kappa shape index (κ3) is 2.82. The van der Waals surface area contributed by atoms with Gasteiger partial charge in [0.15, 0.2) is 0 Å². The maximum atomic E-state index is 9.68. The van der Waals surface area contributed by atoms with Crippen molar-refractivity contribution in [2.45, 2.75) is 25.0 Å². The molecular formula is C14H17NO2S. The van der Waals surface area contributed by atoms with E-state index in [4.69, 9.17) is 0 Å². The topological polar surface area (TPSA) is 45.4 Å². The Labute approximate surface area is 111 Å². The molecule has 1 heterocycles. The van der Waals surface area contributed by atoms with E-state index in [1.807, 2.05) is 18.2 Å². The highest BCUT2D eigenvalue weighted by molar-refractivity contribution is 7.98. The lowest BCUT2D eigenvalue weighted by atomic mass is 10.1. The molecule has 1 unspecified atom stereocenters. The third-order valence-electron chi connectivity index (χ3n) is 2.75. The first-order chi connectivity index (χ1) is 8.72. The van der Waals surface area contributed by atoms with Gasteiger partial charge in [-0.25, -0.2) is 3.97 Å². The van der Waals surface area contributed by atoms with Crippen LogP contribution in [0.5, 0.6) is 11.8 Å². The van der Waals surface area contributed by atoms with E-state index in [1.54, 1.807) is 0 Å². The Kier molecular flexibility index (Phi) is 4.20. The van der Waals surface area contributed by atoms with E-state index in [2.05, 4.69) is 19.1 Å². The highest BCUT2D eigenvalue weighted by Gasteiger charge is 2.16. The largest absolute Gasteiger partial charge is 0.494 e. The van der Waals surface area contributed by atoms with Crippen molar-refractivity contribution >= 4 is 11.9 Å². The third-order valence-corrected chi connectivity index (χ3v) is 4.10. The zero-order valence-corrected chi connectivity index (χ0v) is 11.1. The summed E-state index contributed by atoms with van der Waals surface area (Å²) in [6.07, 6.45) is 2.04. The van der Waals surface area contributed by atoms with Crippen LogP contribution in [0.15, 0.2) is 42.5 Å². The summed E-state index contributed by atoms with van der Waals surface area (Å²) in [7, 11) is 0. The lowest BCUT2D eigenvalue weighted by Crippen LogP contribution is -1.97. The monoisotopic (exact) mass is 263 g/mol. The van der Waals surface area contributed by atoms with Crippen molar-refractivity contribution in [2.24, 2.45) is 0 Å². The van der Waals surface area contributed by atoms with Crippen LogP contribution in [0.4, 0.5) is 0 Å². The van der Waals surface area contributed by atoms with E-state index in [0.717, 1.165) is 12.8 Å². The molecule has 0 saturated heterocycles. The van der Waals surface area contributed by atoms with E-state index < -0.39 is 0 Å². The first-order valence-electron chi connectivity index (χ1n) is 6.04. The van der Waals surface area contributed by atoms with E-state index >= 15 is 0 Å². The van der Waals surface area contributed by atoms with Gasteiger partial charge in [0.1, 0.15) is 0 Å². The summed E-state index contributed by atoms with van der Waals surface area (Å²) in [6.45, 7) is 2.13. The molecule has 0 fully saturated rings. The maximum Gasteiger partial charge on any atom is 0.204 e. The molecule has 0 bridgehead atoms. The number of aromatic nitrogens is 1. The molecule has 18 heavy (non-hydrogen) atoms. The van der Waals surface area contributed by atoms with Crippen LogP contribution >= 0.6 is 11.9 Å². The van der Waals surface area contributed by atoms with E-state index in [-0.39, 0.29) is 17.0 Å². The average Bonchev–Trinajstić information content (AvgIpc) is 2.71. The van der Waals surface area contributed by atoms with Crippen LogP contribution < -0.4 is 0 Å². The minimum absolute atomic E-state index is 0.0783. The van der Waals surface area contributed by atoms with Crippen molar-refractivity contribution in [1.29, 1.82) is 0 Å². The van der Waals surface area contributed by atoms with Gasteiger partial charge < -0.3 is 10.2 Å². The lowest BCUT2D eigenvalue weighted by Gasteiger charge is -2.17. The predicted molar refractivity (Wildman–Crippen MR) is 74.8 cm³/mol. The highest BCUT2D eigenvalue weighted by Crippen LogP contribution is 2.39. The smallest absolute Gasteiger partial charge is 0.204 e. The van der Waals surface area contributed by atoms with Crippen molar-refractivity contribution in [3.63, 3.8) is 0 Å². The number of nitrogens with zero attached hydrogens (tertiary/aromatic N) is 1. The number of aromatic hydroxyl groups is 2. The molecule has 1 atom stereocenters. The Morgan fingerprint density at radius 1 is 1.06 bits per heavy atom. The molecule has 96 valence electrons. The van der Waals surface area contributed by atoms with Crippen molar-refractivity contribution in [2.75, 3.05) is 0 Å². The number of hydrogen-bond donors (Lipinski definition) is 2. The highest BCUT2D eigenvalue weighted by atomic mass is 32.2. The Bertz CT molecular complexity index is 476. The maximum absolute atomic E-state index is 9.68. The quantitative estimate of drug-likeness (QED) is 0.859. The van der Waals surface area contributed by atoms with E-state index in [0.29, 0.717) is 0 Å². The van der Waals surface area contributed by atoms with Crippen molar-refractivity contribution in [3.8, 4) is 11.8 Å². The van der Waals surface area contributed by atoms with Gasteiger partial charge in [0, 0.05) is 12.1 Å². The second-order valence-electron chi connectivity index (χ2n) is 4.14. The molecule has 1 aromatic carbocycles. The average molecular weight is 263 g/mol. The standard InChI is InChI=1S/C14H17NO2S/c1-2-6-12(11-7-4-3-5-8-11)18-15-13(16)9-10-14(15)17/h3-5,7-10,12,16-17H,2,6H2,1H3. The van der Waals surface area contributed by atoms with Gasteiger partial charge in [0.25, 0.3) is 0 Å². The number of benzene rings is 1. The molecule has 0 amide bonds. The summed E-state index contributed by atoms with van der Waals surface area (Å²) in [5.41, 5.74) is 1.21. The zero-order valence-electron chi connectivity index (χ0n) is 10.3.